The van der Waals surface area contributed by atoms with Gasteiger partial charge in [0, 0.05) is 50.2 Å². The van der Waals surface area contributed by atoms with Crippen molar-refractivity contribution in [2.45, 2.75) is 136 Å². The molecule has 5 saturated heterocycles. The second kappa shape index (κ2) is 36.8. The van der Waals surface area contributed by atoms with Crippen molar-refractivity contribution in [2.24, 2.45) is 29.1 Å². The number of carboxylic acid groups (broad SMARTS) is 2. The highest BCUT2D eigenvalue weighted by atomic mass is 32.3. The molecule has 0 bridgehead atoms. The fourth-order valence-corrected chi connectivity index (χ4v) is 15.1. The Balaban J connectivity index is 1.37. The summed E-state index contributed by atoms with van der Waals surface area (Å²) in [5.74, 6) is -13.4. The quantitative estimate of drug-likeness (QED) is 0.0203. The van der Waals surface area contributed by atoms with Gasteiger partial charge in [-0.15, -0.1) is 0 Å². The third-order valence-corrected chi connectivity index (χ3v) is 19.7. The highest BCUT2D eigenvalue weighted by Crippen LogP contribution is 2.40. The Morgan fingerprint density at radius 3 is 1.32 bits per heavy atom. The average molecular weight is 1630 g/mol. The standard InChI is InChI=1S/C45H79N3O47S7/c1-18(49)46-33-27(91-30(16-88-100(71,72)73)45(2,17-81-4)42(33)54)11-84-7-21-35(51)37(53)28(92-39(21)43(55)56)12-83-6-20-24(15-87-99(68,69)70)90-26(32(48-97(62,63)64)38(20)94-101(74,75)76)10-85-8-22-36(52)41(95-102(77,78)79)29(93-40(22)44(57)58)13-82-5-19-23(14-86-98(65,66)67)89-25(9-80-3)31(34(19)50)47-96(59,60)61/h19-42,47-48,50-54H,5-17H2,1-4H3,(H,46,49)(H,55,56)(H,57,58)(H,59,60,61)(H,62,63,64)(H,65,66,67)(H,68,69,70)(H,71,72,73)(H,74,75,76)(H,77,78,79)/p-8. The maximum Gasteiger partial charge on any atom is 0.397 e. The van der Waals surface area contributed by atoms with Crippen LogP contribution in [0.25, 0.3) is 0 Å². The van der Waals surface area contributed by atoms with Crippen LogP contribution < -0.4 is 25.0 Å². The summed E-state index contributed by atoms with van der Waals surface area (Å²) in [7, 11) is -38.0. The van der Waals surface area contributed by atoms with Gasteiger partial charge in [-0.25, -0.2) is 64.1 Å². The normalized spacial score (nSPS) is 36.3. The maximum atomic E-state index is 12.7. The molecule has 25 unspecified atom stereocenters. The molecule has 0 aliphatic carbocycles. The summed E-state index contributed by atoms with van der Waals surface area (Å²) in [6.07, 6.45) is -36.8. The van der Waals surface area contributed by atoms with E-state index in [0.717, 1.165) is 14.0 Å². The van der Waals surface area contributed by atoms with Gasteiger partial charge in [-0.05, 0) is 0 Å². The third-order valence-electron chi connectivity index (χ3n) is 16.4. The molecule has 0 aromatic heterocycles. The first-order chi connectivity index (χ1) is 46.8. The monoisotopic (exact) mass is 1630 g/mol. The van der Waals surface area contributed by atoms with Crippen LogP contribution in [0.1, 0.15) is 13.8 Å². The maximum absolute atomic E-state index is 12.7. The van der Waals surface area contributed by atoms with E-state index in [1.165, 1.54) is 23.5 Å². The molecule has 0 aromatic carbocycles. The predicted octanol–water partition coefficient (Wildman–Crippen LogP) is -15.2. The lowest BCUT2D eigenvalue weighted by Crippen LogP contribution is -2.68. The zero-order valence-corrected chi connectivity index (χ0v) is 58.5. The number of nitrogens with one attached hydrogen (secondary N) is 3. The van der Waals surface area contributed by atoms with Gasteiger partial charge in [0.1, 0.15) is 61.0 Å². The molecule has 102 heavy (non-hydrogen) atoms. The van der Waals surface area contributed by atoms with Crippen LogP contribution in [0.3, 0.4) is 0 Å². The molecule has 1 amide bonds. The second-order valence-electron chi connectivity index (χ2n) is 23.5. The number of hydrogen-bond donors (Lipinski definition) is 9. The molecule has 50 nitrogen and oxygen atoms in total. The van der Waals surface area contributed by atoms with Crippen molar-refractivity contribution >= 4 is 90.4 Å². The number of hydrogen-bond acceptors (Lipinski definition) is 46. The number of carbonyl (C=O) groups is 3. The van der Waals surface area contributed by atoms with Crippen molar-refractivity contribution in [2.75, 3.05) is 100 Å². The highest BCUT2D eigenvalue weighted by molar-refractivity contribution is 7.84. The molecule has 5 aliphatic rings. The van der Waals surface area contributed by atoms with Gasteiger partial charge in [-0.3, -0.25) is 26.1 Å². The van der Waals surface area contributed by atoms with Crippen LogP contribution in [0.4, 0.5) is 0 Å². The SMILES string of the molecule is COCC1OC(COS(=O)(=O)[O-])C(COCC2OC(C(=O)[O-])C(COCC3OC(COS(=O)(=O)O)C(COCC4OC(C(=O)[O-])C(COCC5OC(COS(=O)(=O)[O-])C(C)(COC)C(O)C5NC(C)=O)C(O)C4O)C(OS(=O)(=O)[O-])C3NS(=O)(=O)[O-])C(O)C2OS(=O)(=O)[O-])C(O)C1NS(=O)(=O)[O-]. The predicted molar refractivity (Wildman–Crippen MR) is 301 cm³/mol. The number of amides is 1. The molecule has 5 fully saturated rings. The summed E-state index contributed by atoms with van der Waals surface area (Å²) in [6.45, 7) is -11.8. The van der Waals surface area contributed by atoms with Gasteiger partial charge in [0.25, 0.3) is 0 Å². The van der Waals surface area contributed by atoms with E-state index in [4.69, 9.17) is 52.1 Å². The average Bonchev–Trinajstić information content (AvgIpc) is 0.775. The lowest BCUT2D eigenvalue weighted by atomic mass is 9.73. The molecule has 0 saturated carbocycles. The van der Waals surface area contributed by atoms with Gasteiger partial charge in [0.05, 0.1) is 159 Å². The van der Waals surface area contributed by atoms with Crippen molar-refractivity contribution in [3.63, 3.8) is 0 Å². The summed E-state index contributed by atoms with van der Waals surface area (Å²) in [5, 5.41) is 84.5. The smallest absolute Gasteiger partial charge is 0.397 e. The van der Waals surface area contributed by atoms with Gasteiger partial charge in [0.2, 0.25) is 47.5 Å². The molecule has 0 radical (unpaired) electrons. The Hall–Kier alpha value is -3.14. The summed E-state index contributed by atoms with van der Waals surface area (Å²) in [6, 6.07) is -6.01. The van der Waals surface area contributed by atoms with E-state index in [0.29, 0.717) is 0 Å². The number of rotatable bonds is 40. The zero-order valence-electron chi connectivity index (χ0n) is 52.8. The molecule has 0 spiro atoms. The fraction of sp³-hybridized carbons (Fsp3) is 0.933. The fourth-order valence-electron chi connectivity index (χ4n) is 11.9. The van der Waals surface area contributed by atoms with Gasteiger partial charge in [-0.2, -0.15) is 8.42 Å². The van der Waals surface area contributed by atoms with Crippen LogP contribution in [0, 0.1) is 29.1 Å². The highest BCUT2D eigenvalue weighted by Gasteiger charge is 2.56. The lowest BCUT2D eigenvalue weighted by molar-refractivity contribution is -0.333. The van der Waals surface area contributed by atoms with Crippen LogP contribution >= 0.6 is 0 Å². The summed E-state index contributed by atoms with van der Waals surface area (Å²) < 4.78 is 332. The van der Waals surface area contributed by atoms with Gasteiger partial charge >= 0.3 is 10.4 Å². The summed E-state index contributed by atoms with van der Waals surface area (Å²) >= 11 is 0. The van der Waals surface area contributed by atoms with Crippen LogP contribution in [0.5, 0.6) is 0 Å². The summed E-state index contributed by atoms with van der Waals surface area (Å²) in [4.78, 5) is 37.5. The molecule has 5 rings (SSSR count). The van der Waals surface area contributed by atoms with E-state index in [9.17, 15) is 141 Å². The molecular weight excluding hydrogens is 1560 g/mol. The van der Waals surface area contributed by atoms with E-state index in [-0.39, 0.29) is 0 Å². The van der Waals surface area contributed by atoms with Crippen LogP contribution in [-0.2, 0) is 160 Å². The number of carboxylic acids is 2. The minimum absolute atomic E-state index is 0.393. The van der Waals surface area contributed by atoms with Crippen molar-refractivity contribution in [1.29, 1.82) is 0 Å². The Bertz CT molecular complexity index is 3620. The Labute approximate surface area is 581 Å². The van der Waals surface area contributed by atoms with Crippen molar-refractivity contribution in [3.8, 4) is 0 Å². The van der Waals surface area contributed by atoms with Crippen molar-refractivity contribution < 1.29 is 214 Å². The minimum atomic E-state index is -6.22. The number of aliphatic hydroxyl groups excluding tert-OH is 5. The molecular formula is C45H71N3O47S7-8. The van der Waals surface area contributed by atoms with Crippen molar-refractivity contribution in [1.82, 2.24) is 14.8 Å². The molecule has 57 heteroatoms. The molecule has 5 heterocycles. The van der Waals surface area contributed by atoms with Crippen molar-refractivity contribution in [3.05, 3.63) is 0 Å². The van der Waals surface area contributed by atoms with Crippen LogP contribution in [0.15, 0.2) is 0 Å². The Morgan fingerprint density at radius 2 is 0.853 bits per heavy atom. The number of aliphatic hydroxyl groups is 5. The first kappa shape index (κ1) is 89.5. The molecule has 5 aliphatic heterocycles. The first-order valence-corrected chi connectivity index (χ1v) is 38.5. The summed E-state index contributed by atoms with van der Waals surface area (Å²) in [5.41, 5.74) is -1.62. The first-order valence-electron chi connectivity index (χ1n) is 29.0. The lowest BCUT2D eigenvalue weighted by Gasteiger charge is -2.51. The Morgan fingerprint density at radius 1 is 0.431 bits per heavy atom. The molecule has 9 N–H and O–H groups in total. The molecule has 598 valence electrons. The Kier molecular flexibility index (Phi) is 32.3. The van der Waals surface area contributed by atoms with Gasteiger partial charge in [-0.1, -0.05) is 6.92 Å². The second-order valence-corrected chi connectivity index (χ2v) is 31.0. The van der Waals surface area contributed by atoms with Gasteiger partial charge < -0.3 is 130 Å². The van der Waals surface area contributed by atoms with Crippen LogP contribution in [0.2, 0.25) is 0 Å². The van der Waals surface area contributed by atoms with Gasteiger partial charge in [0.15, 0.2) is 20.6 Å². The van der Waals surface area contributed by atoms with E-state index < -0.39 is 327 Å². The minimum Gasteiger partial charge on any atom is -0.735 e. The number of methoxy groups -OCH3 is 2. The van der Waals surface area contributed by atoms with Crippen LogP contribution in [-0.4, -0.2) is 356 Å². The molecule has 0 aromatic rings. The van der Waals surface area contributed by atoms with E-state index >= 15 is 0 Å². The number of aliphatic carboxylic acids is 2. The molecule has 25 atom stereocenters. The topological polar surface area (TPSA) is 780 Å². The van der Waals surface area contributed by atoms with E-state index in [1.54, 1.807) is 0 Å². The van der Waals surface area contributed by atoms with E-state index in [1.807, 2.05) is 0 Å². The third kappa shape index (κ3) is 26.9. The number of carbonyl (C=O) groups excluding carboxylic acids is 3. The zero-order chi connectivity index (χ0) is 77.2. The largest absolute Gasteiger partial charge is 0.735 e. The van der Waals surface area contributed by atoms with E-state index in [2.05, 4.69) is 26.2 Å². The number of ether oxygens (including phenoxy) is 11.